The monoisotopic (exact) mass is 274 g/mol. The molecule has 0 saturated heterocycles. The number of primary amides is 1. The van der Waals surface area contributed by atoms with Gasteiger partial charge in [-0.1, -0.05) is 0 Å². The predicted molar refractivity (Wildman–Crippen MR) is 63.7 cm³/mol. The predicted octanol–water partition coefficient (Wildman–Crippen LogP) is 0.784. The van der Waals surface area contributed by atoms with Gasteiger partial charge >= 0.3 is 6.09 Å². The number of alkyl halides is 1. The zero-order valence-electron chi connectivity index (χ0n) is 9.70. The summed E-state index contributed by atoms with van der Waals surface area (Å²) in [6, 6.07) is 0. The fourth-order valence-electron chi connectivity index (χ4n) is 0.558. The minimum absolute atomic E-state index is 0.0174. The van der Waals surface area contributed by atoms with E-state index in [2.05, 4.69) is 9.88 Å². The molecule has 16 heavy (non-hydrogen) atoms. The SMILES string of the molecule is CC(C)(C)OC(N)=O.NS(=O)(=O)CCCCl. The summed E-state index contributed by atoms with van der Waals surface area (Å²) in [7, 11) is -3.27. The van der Waals surface area contributed by atoms with E-state index in [9.17, 15) is 13.2 Å². The van der Waals surface area contributed by atoms with Crippen molar-refractivity contribution in [1.29, 1.82) is 0 Å². The lowest BCUT2D eigenvalue weighted by Crippen LogP contribution is -2.27. The van der Waals surface area contributed by atoms with Crippen molar-refractivity contribution in [2.24, 2.45) is 10.9 Å². The highest BCUT2D eigenvalue weighted by molar-refractivity contribution is 7.89. The Balaban J connectivity index is 0. The quantitative estimate of drug-likeness (QED) is 0.741. The van der Waals surface area contributed by atoms with E-state index in [4.69, 9.17) is 17.3 Å². The summed E-state index contributed by atoms with van der Waals surface area (Å²) >= 11 is 5.19. The van der Waals surface area contributed by atoms with E-state index < -0.39 is 21.7 Å². The van der Waals surface area contributed by atoms with Gasteiger partial charge in [0.05, 0.1) is 5.75 Å². The first-order chi connectivity index (χ1) is 6.98. The van der Waals surface area contributed by atoms with Gasteiger partial charge in [-0.2, -0.15) is 0 Å². The highest BCUT2D eigenvalue weighted by atomic mass is 35.5. The average molecular weight is 275 g/mol. The maximum Gasteiger partial charge on any atom is 0.405 e. The van der Waals surface area contributed by atoms with Crippen LogP contribution in [0, 0.1) is 0 Å². The summed E-state index contributed by atoms with van der Waals surface area (Å²) in [5.41, 5.74) is 4.26. The molecule has 0 radical (unpaired) electrons. The topological polar surface area (TPSA) is 112 Å². The van der Waals surface area contributed by atoms with Gasteiger partial charge in [0.15, 0.2) is 0 Å². The van der Waals surface area contributed by atoms with Crippen LogP contribution < -0.4 is 10.9 Å². The van der Waals surface area contributed by atoms with Crippen LogP contribution in [0.2, 0.25) is 0 Å². The van der Waals surface area contributed by atoms with Gasteiger partial charge in [0.25, 0.3) is 0 Å². The molecule has 0 unspecified atom stereocenters. The first kappa shape index (κ1) is 17.9. The molecule has 0 aliphatic heterocycles. The zero-order chi connectivity index (χ0) is 13.4. The van der Waals surface area contributed by atoms with E-state index in [-0.39, 0.29) is 5.75 Å². The van der Waals surface area contributed by atoms with Gasteiger partial charge in [0.1, 0.15) is 5.60 Å². The molecule has 6 nitrogen and oxygen atoms in total. The number of rotatable bonds is 3. The third kappa shape index (κ3) is 23.4. The summed E-state index contributed by atoms with van der Waals surface area (Å²) in [5.74, 6) is 0.326. The summed E-state index contributed by atoms with van der Waals surface area (Å²) in [6.07, 6.45) is -0.294. The minimum atomic E-state index is -3.27. The van der Waals surface area contributed by atoms with Crippen LogP contribution in [-0.4, -0.2) is 31.7 Å². The van der Waals surface area contributed by atoms with E-state index >= 15 is 0 Å². The molecule has 0 heterocycles. The Hall–Kier alpha value is -0.530. The Kier molecular flexibility index (Phi) is 8.59. The number of carbonyl (C=O) groups is 1. The Bertz CT molecular complexity index is 298. The van der Waals surface area contributed by atoms with Crippen LogP contribution >= 0.6 is 11.6 Å². The molecular weight excluding hydrogens is 256 g/mol. The molecule has 8 heteroatoms. The van der Waals surface area contributed by atoms with Crippen LogP contribution in [0.5, 0.6) is 0 Å². The van der Waals surface area contributed by atoms with Crippen molar-refractivity contribution in [2.45, 2.75) is 32.8 Å². The van der Waals surface area contributed by atoms with Crippen molar-refractivity contribution in [2.75, 3.05) is 11.6 Å². The maximum atomic E-state index is 10.1. The van der Waals surface area contributed by atoms with Gasteiger partial charge < -0.3 is 10.5 Å². The summed E-state index contributed by atoms with van der Waals surface area (Å²) < 4.78 is 24.8. The molecule has 0 bridgehead atoms. The minimum Gasteiger partial charge on any atom is -0.444 e. The van der Waals surface area contributed by atoms with E-state index in [1.807, 2.05) is 0 Å². The molecular formula is C8H19ClN2O4S. The van der Waals surface area contributed by atoms with Crippen LogP contribution in [0.4, 0.5) is 4.79 Å². The van der Waals surface area contributed by atoms with Gasteiger partial charge in [-0.25, -0.2) is 18.4 Å². The van der Waals surface area contributed by atoms with Gasteiger partial charge in [0.2, 0.25) is 10.0 Å². The smallest absolute Gasteiger partial charge is 0.405 e. The molecule has 0 rings (SSSR count). The Morgan fingerprint density at radius 3 is 1.88 bits per heavy atom. The van der Waals surface area contributed by atoms with Gasteiger partial charge in [0, 0.05) is 5.88 Å². The first-order valence-corrected chi connectivity index (χ1v) is 6.78. The molecule has 0 spiro atoms. The largest absolute Gasteiger partial charge is 0.444 e. The molecule has 0 aromatic carbocycles. The molecule has 4 N–H and O–H groups in total. The molecule has 0 aromatic rings. The lowest BCUT2D eigenvalue weighted by molar-refractivity contribution is 0.0600. The fraction of sp³-hybridized carbons (Fsp3) is 0.875. The Labute approximate surface area is 101 Å². The third-order valence-electron chi connectivity index (χ3n) is 0.969. The molecule has 0 aromatic heterocycles. The van der Waals surface area contributed by atoms with Crippen molar-refractivity contribution in [3.8, 4) is 0 Å². The molecule has 0 aliphatic rings. The van der Waals surface area contributed by atoms with Crippen molar-refractivity contribution in [3.63, 3.8) is 0 Å². The average Bonchev–Trinajstić information content (AvgIpc) is 1.95. The van der Waals surface area contributed by atoms with E-state index in [1.54, 1.807) is 20.8 Å². The van der Waals surface area contributed by atoms with E-state index in [0.717, 1.165) is 0 Å². The number of carbonyl (C=O) groups excluding carboxylic acids is 1. The lowest BCUT2D eigenvalue weighted by Gasteiger charge is -2.16. The molecule has 0 aliphatic carbocycles. The van der Waals surface area contributed by atoms with Crippen molar-refractivity contribution in [1.82, 2.24) is 0 Å². The summed E-state index contributed by atoms with van der Waals surface area (Å²) in [5, 5.41) is 4.64. The second-order valence-corrected chi connectivity index (χ2v) is 6.05. The maximum absolute atomic E-state index is 10.1. The number of sulfonamides is 1. The van der Waals surface area contributed by atoms with Gasteiger partial charge in [-0.15, -0.1) is 11.6 Å². The molecule has 0 atom stereocenters. The van der Waals surface area contributed by atoms with Crippen LogP contribution in [0.3, 0.4) is 0 Å². The Morgan fingerprint density at radius 2 is 1.81 bits per heavy atom. The van der Waals surface area contributed by atoms with E-state index in [1.165, 1.54) is 0 Å². The summed E-state index contributed by atoms with van der Waals surface area (Å²) in [6.45, 7) is 5.28. The van der Waals surface area contributed by atoms with Gasteiger partial charge in [-0.05, 0) is 27.2 Å². The summed E-state index contributed by atoms with van der Waals surface area (Å²) in [4.78, 5) is 10.0. The lowest BCUT2D eigenvalue weighted by atomic mass is 10.2. The molecule has 1 amide bonds. The van der Waals surface area contributed by atoms with E-state index in [0.29, 0.717) is 12.3 Å². The third-order valence-corrected chi connectivity index (χ3v) is 2.09. The number of nitrogens with two attached hydrogens (primary N) is 2. The number of halogens is 1. The van der Waals surface area contributed by atoms with Crippen molar-refractivity contribution >= 4 is 27.7 Å². The van der Waals surface area contributed by atoms with Crippen LogP contribution in [0.1, 0.15) is 27.2 Å². The molecule has 98 valence electrons. The van der Waals surface area contributed by atoms with Crippen LogP contribution in [-0.2, 0) is 14.8 Å². The number of hydrogen-bond donors (Lipinski definition) is 2. The second kappa shape index (κ2) is 7.70. The fourth-order valence-corrected chi connectivity index (χ4v) is 1.40. The van der Waals surface area contributed by atoms with Gasteiger partial charge in [-0.3, -0.25) is 0 Å². The highest BCUT2D eigenvalue weighted by Gasteiger charge is 2.12. The first-order valence-electron chi connectivity index (χ1n) is 4.53. The standard InChI is InChI=1S/C5H11NO2.C3H8ClNO2S/c1-5(2,3)8-4(6)7;4-2-1-3-8(5,6)7/h1-3H3,(H2,6,7);1-3H2,(H2,5,6,7). The Morgan fingerprint density at radius 1 is 1.38 bits per heavy atom. The van der Waals surface area contributed by atoms with Crippen molar-refractivity contribution in [3.05, 3.63) is 0 Å². The van der Waals surface area contributed by atoms with Crippen molar-refractivity contribution < 1.29 is 17.9 Å². The normalized spacial score (nSPS) is 11.3. The highest BCUT2D eigenvalue weighted by Crippen LogP contribution is 2.04. The van der Waals surface area contributed by atoms with Crippen LogP contribution in [0.15, 0.2) is 0 Å². The number of hydrogen-bond acceptors (Lipinski definition) is 4. The van der Waals surface area contributed by atoms with Crippen LogP contribution in [0.25, 0.3) is 0 Å². The second-order valence-electron chi connectivity index (χ2n) is 3.94. The number of amides is 1. The molecule has 0 saturated carbocycles. The number of ether oxygens (including phenoxy) is 1. The molecule has 0 fully saturated rings. The number of primary sulfonamides is 1. The zero-order valence-corrected chi connectivity index (χ0v) is 11.3.